The first-order valence-corrected chi connectivity index (χ1v) is 16.8. The molecule has 3 heterocycles. The fraction of sp³-hybridized carbons (Fsp3) is 0.474. The lowest BCUT2D eigenvalue weighted by Gasteiger charge is -2.39. The highest BCUT2D eigenvalue weighted by atomic mass is 16.6. The highest BCUT2D eigenvalue weighted by molar-refractivity contribution is 5.66. The van der Waals surface area contributed by atoms with Crippen LogP contribution in [0, 0.1) is 29.6 Å². The number of fused-ring (bicyclic) bond motifs is 3. The monoisotopic (exact) mass is 657 g/mol. The first-order valence-electron chi connectivity index (χ1n) is 16.8. The summed E-state index contributed by atoms with van der Waals surface area (Å²) in [5, 5.41) is 42.1. The van der Waals surface area contributed by atoms with Crippen molar-refractivity contribution in [2.24, 2.45) is 17.8 Å². The van der Waals surface area contributed by atoms with Crippen LogP contribution < -0.4 is 9.47 Å². The van der Waals surface area contributed by atoms with Crippen LogP contribution in [0.2, 0.25) is 0 Å². The number of esters is 1. The highest BCUT2D eigenvalue weighted by Gasteiger charge is 2.38. The van der Waals surface area contributed by atoms with E-state index in [1.807, 2.05) is 24.3 Å². The summed E-state index contributed by atoms with van der Waals surface area (Å²) in [5.41, 5.74) is 2.51. The van der Waals surface area contributed by atoms with Crippen LogP contribution in [0.4, 0.5) is 0 Å². The third kappa shape index (κ3) is 7.97. The molecule has 3 aliphatic rings. The van der Waals surface area contributed by atoms with Crippen LogP contribution >= 0.6 is 0 Å². The summed E-state index contributed by atoms with van der Waals surface area (Å²) in [6, 6.07) is 12.3. The topological polar surface area (TPSA) is 148 Å². The third-order valence-electron chi connectivity index (χ3n) is 9.63. The molecule has 2 fully saturated rings. The molecule has 0 spiro atoms. The number of ether oxygens (including phenoxy) is 4. The SMILES string of the molecule is CC(=O)O[C@H]1C[C@@H](c2cc(O)c(O)c(OCCc3cccnc3)c2)O[C@@H]([C@H]2CC#C[C@@H]3[C@@H](CO)CCC[C@@H]3Oc3cc(ccc3O)C2)C1. The van der Waals surface area contributed by atoms with Gasteiger partial charge in [0, 0.05) is 57.5 Å². The average Bonchev–Trinajstić information content (AvgIpc) is 3.10. The number of aromatic hydroxyl groups is 3. The standard InChI is InChI=1S/C38H43NO9/c1-23(41)46-29-19-34(48-35(20-29)28-17-32(43)38(44)37(18-28)45-14-12-24-5-4-13-39-21-24)26-6-2-8-30-27(22-40)7-3-9-33(30)47-36-16-25(15-26)10-11-31(36)42/h4-5,10-11,13,16-18,21,26-27,29-30,33-35,40,42-44H,3,6-7,9,12,14-15,19-20,22H2,1H3/t26-,27+,29+,30+,33-,34+,35-/m0/s1. The molecule has 48 heavy (non-hydrogen) atoms. The van der Waals surface area contributed by atoms with Crippen molar-refractivity contribution in [3.05, 3.63) is 71.5 Å². The van der Waals surface area contributed by atoms with Crippen LogP contribution in [0.25, 0.3) is 0 Å². The van der Waals surface area contributed by atoms with Gasteiger partial charge in [0.15, 0.2) is 23.0 Å². The molecule has 10 heteroatoms. The Kier molecular flexibility index (Phi) is 10.6. The number of carbonyl (C=O) groups excluding carboxylic acids is 1. The molecule has 4 N–H and O–H groups in total. The predicted molar refractivity (Wildman–Crippen MR) is 176 cm³/mol. The second kappa shape index (κ2) is 15.2. The Morgan fingerprint density at radius 2 is 1.94 bits per heavy atom. The third-order valence-corrected chi connectivity index (χ3v) is 9.63. The molecule has 1 saturated heterocycles. The Hall–Kier alpha value is -4.46. The number of carbonyl (C=O) groups is 1. The molecule has 2 bridgehead atoms. The quantitative estimate of drug-likeness (QED) is 0.141. The van der Waals surface area contributed by atoms with Gasteiger partial charge in [0.2, 0.25) is 5.75 Å². The van der Waals surface area contributed by atoms with Crippen LogP contribution in [0.15, 0.2) is 54.9 Å². The van der Waals surface area contributed by atoms with Crippen LogP contribution in [-0.4, -0.2) is 62.9 Å². The number of nitrogens with zero attached hydrogens (tertiary/aromatic N) is 1. The Morgan fingerprint density at radius 1 is 1.06 bits per heavy atom. The van der Waals surface area contributed by atoms with E-state index in [0.29, 0.717) is 43.4 Å². The van der Waals surface area contributed by atoms with Gasteiger partial charge in [-0.2, -0.15) is 0 Å². The van der Waals surface area contributed by atoms with Crippen molar-refractivity contribution < 1.29 is 44.2 Å². The maximum atomic E-state index is 12.2. The van der Waals surface area contributed by atoms with Crippen LogP contribution in [-0.2, 0) is 27.1 Å². The van der Waals surface area contributed by atoms with E-state index in [0.717, 1.165) is 30.4 Å². The minimum absolute atomic E-state index is 0.0147. The molecule has 0 radical (unpaired) electrons. The number of benzene rings is 2. The van der Waals surface area contributed by atoms with Crippen molar-refractivity contribution in [3.8, 4) is 40.6 Å². The van der Waals surface area contributed by atoms with Gasteiger partial charge in [-0.1, -0.05) is 18.1 Å². The smallest absolute Gasteiger partial charge is 0.302 e. The van der Waals surface area contributed by atoms with E-state index in [2.05, 4.69) is 16.8 Å². The summed E-state index contributed by atoms with van der Waals surface area (Å²) < 4.78 is 24.8. The number of pyridine rings is 1. The Bertz CT molecular complexity index is 1630. The summed E-state index contributed by atoms with van der Waals surface area (Å²) >= 11 is 0. The van der Waals surface area contributed by atoms with E-state index in [1.54, 1.807) is 24.5 Å². The van der Waals surface area contributed by atoms with Gasteiger partial charge in [-0.3, -0.25) is 9.78 Å². The van der Waals surface area contributed by atoms with Gasteiger partial charge in [-0.05, 0) is 78.6 Å². The summed E-state index contributed by atoms with van der Waals surface area (Å²) in [7, 11) is 0. The summed E-state index contributed by atoms with van der Waals surface area (Å²) in [5.74, 6) is 5.99. The molecule has 3 aromatic rings. The van der Waals surface area contributed by atoms with Crippen molar-refractivity contribution in [2.45, 2.75) is 82.7 Å². The van der Waals surface area contributed by atoms with Crippen LogP contribution in [0.5, 0.6) is 28.7 Å². The Labute approximate surface area is 280 Å². The molecule has 1 aliphatic carbocycles. The minimum Gasteiger partial charge on any atom is -0.504 e. The van der Waals surface area contributed by atoms with E-state index >= 15 is 0 Å². The number of hydrogen-bond acceptors (Lipinski definition) is 10. The first kappa shape index (κ1) is 33.4. The van der Waals surface area contributed by atoms with Crippen molar-refractivity contribution in [3.63, 3.8) is 0 Å². The minimum atomic E-state index is -0.577. The van der Waals surface area contributed by atoms with Gasteiger partial charge >= 0.3 is 5.97 Å². The number of aromatic nitrogens is 1. The second-order valence-electron chi connectivity index (χ2n) is 13.1. The van der Waals surface area contributed by atoms with Gasteiger partial charge in [0.1, 0.15) is 12.2 Å². The lowest BCUT2D eigenvalue weighted by molar-refractivity contribution is -0.164. The number of phenols is 3. The van der Waals surface area contributed by atoms with E-state index in [1.165, 1.54) is 13.0 Å². The van der Waals surface area contributed by atoms with E-state index in [9.17, 15) is 25.2 Å². The fourth-order valence-corrected chi connectivity index (χ4v) is 7.18. The van der Waals surface area contributed by atoms with Crippen molar-refractivity contribution >= 4 is 5.97 Å². The molecular formula is C38H43NO9. The number of aliphatic hydroxyl groups is 1. The molecule has 10 nitrogen and oxygen atoms in total. The number of phenolic OH excluding ortho intramolecular Hbond substituents is 3. The molecule has 254 valence electrons. The molecule has 2 aromatic carbocycles. The molecule has 1 aromatic heterocycles. The second-order valence-corrected chi connectivity index (χ2v) is 13.1. The predicted octanol–water partition coefficient (Wildman–Crippen LogP) is 5.39. The zero-order valence-corrected chi connectivity index (χ0v) is 27.1. The van der Waals surface area contributed by atoms with Crippen molar-refractivity contribution in [1.82, 2.24) is 4.98 Å². The van der Waals surface area contributed by atoms with E-state index < -0.39 is 18.2 Å². The first-order chi connectivity index (χ1) is 23.3. The zero-order chi connectivity index (χ0) is 33.6. The molecule has 2 aliphatic heterocycles. The van der Waals surface area contributed by atoms with Gasteiger partial charge < -0.3 is 39.4 Å². The maximum Gasteiger partial charge on any atom is 0.302 e. The molecule has 6 rings (SSSR count). The van der Waals surface area contributed by atoms with Crippen molar-refractivity contribution in [2.75, 3.05) is 13.2 Å². The van der Waals surface area contributed by atoms with Gasteiger partial charge in [-0.25, -0.2) is 0 Å². The molecule has 7 atom stereocenters. The van der Waals surface area contributed by atoms with E-state index in [-0.39, 0.29) is 66.2 Å². The maximum absolute atomic E-state index is 12.2. The Balaban J connectivity index is 1.28. The lowest BCUT2D eigenvalue weighted by atomic mass is 9.77. The summed E-state index contributed by atoms with van der Waals surface area (Å²) in [6.45, 7) is 1.65. The van der Waals surface area contributed by atoms with Gasteiger partial charge in [0.05, 0.1) is 24.7 Å². The number of aliphatic hydroxyl groups excluding tert-OH is 1. The summed E-state index contributed by atoms with van der Waals surface area (Å²) in [4.78, 5) is 16.3. The molecule has 0 unspecified atom stereocenters. The van der Waals surface area contributed by atoms with Gasteiger partial charge in [0.25, 0.3) is 0 Å². The van der Waals surface area contributed by atoms with Gasteiger partial charge in [-0.15, -0.1) is 5.92 Å². The zero-order valence-electron chi connectivity index (χ0n) is 27.1. The fourth-order valence-electron chi connectivity index (χ4n) is 7.18. The largest absolute Gasteiger partial charge is 0.504 e. The van der Waals surface area contributed by atoms with Crippen LogP contribution in [0.3, 0.4) is 0 Å². The average molecular weight is 658 g/mol. The highest BCUT2D eigenvalue weighted by Crippen LogP contribution is 2.44. The van der Waals surface area contributed by atoms with E-state index in [4.69, 9.17) is 18.9 Å². The normalized spacial score (nSPS) is 26.8. The van der Waals surface area contributed by atoms with Crippen molar-refractivity contribution in [1.29, 1.82) is 0 Å². The Morgan fingerprint density at radius 3 is 2.73 bits per heavy atom. The number of rotatable bonds is 8. The molecule has 0 amide bonds. The lowest BCUT2D eigenvalue weighted by Crippen LogP contribution is -2.39. The van der Waals surface area contributed by atoms with Crippen LogP contribution in [0.1, 0.15) is 68.2 Å². The molecular weight excluding hydrogens is 614 g/mol. The summed E-state index contributed by atoms with van der Waals surface area (Å²) in [6.07, 6.45) is 6.76. The molecule has 1 saturated carbocycles. The number of hydrogen-bond donors (Lipinski definition) is 4.